The highest BCUT2D eigenvalue weighted by molar-refractivity contribution is 9.10. The maximum Gasteiger partial charge on any atom is 0.266 e. The lowest BCUT2D eigenvalue weighted by atomic mass is 10.1. The Morgan fingerprint density at radius 1 is 1.11 bits per heavy atom. The number of thiazole rings is 1. The fourth-order valence-electron chi connectivity index (χ4n) is 2.45. The number of hydrogen-bond acceptors (Lipinski definition) is 6. The van der Waals surface area contributed by atoms with Gasteiger partial charge in [0, 0.05) is 15.4 Å². The van der Waals surface area contributed by atoms with Gasteiger partial charge in [-0.1, -0.05) is 15.9 Å². The van der Waals surface area contributed by atoms with Crippen LogP contribution in [-0.4, -0.2) is 31.2 Å². The molecule has 0 bridgehead atoms. The van der Waals surface area contributed by atoms with E-state index in [0.717, 1.165) is 10.0 Å². The molecule has 1 amide bonds. The van der Waals surface area contributed by atoms with Gasteiger partial charge in [0.25, 0.3) is 5.91 Å². The number of hydrogen-bond donors (Lipinski definition) is 1. The van der Waals surface area contributed by atoms with Crippen molar-refractivity contribution in [2.24, 2.45) is 0 Å². The van der Waals surface area contributed by atoms with Crippen molar-refractivity contribution in [2.45, 2.75) is 13.0 Å². The average molecular weight is 463 g/mol. The summed E-state index contributed by atoms with van der Waals surface area (Å²) in [7, 11) is 3.20. The zero-order valence-electron chi connectivity index (χ0n) is 15.6. The van der Waals surface area contributed by atoms with E-state index in [-0.39, 0.29) is 5.91 Å². The van der Waals surface area contributed by atoms with Gasteiger partial charge in [0.1, 0.15) is 17.2 Å². The predicted octanol–water partition coefficient (Wildman–Crippen LogP) is 5.00. The van der Waals surface area contributed by atoms with Crippen LogP contribution in [0.3, 0.4) is 0 Å². The Bertz CT molecular complexity index is 959. The molecule has 0 saturated heterocycles. The number of nitrogens with one attached hydrogen (secondary N) is 1. The molecule has 3 aromatic rings. The second-order valence-corrected chi connectivity index (χ2v) is 7.58. The summed E-state index contributed by atoms with van der Waals surface area (Å²) in [5, 5.41) is 5.13. The number of carbonyl (C=O) groups excluding carboxylic acids is 1. The van der Waals surface area contributed by atoms with E-state index in [1.807, 2.05) is 35.7 Å². The third-order valence-corrected chi connectivity index (χ3v) is 5.20. The number of carbonyl (C=O) groups is 1. The van der Waals surface area contributed by atoms with Gasteiger partial charge in [0.2, 0.25) is 0 Å². The molecule has 1 N–H and O–H groups in total. The van der Waals surface area contributed by atoms with Crippen molar-refractivity contribution in [3.63, 3.8) is 0 Å². The number of rotatable bonds is 7. The summed E-state index contributed by atoms with van der Waals surface area (Å²) in [4.78, 5) is 16.9. The van der Waals surface area contributed by atoms with Crippen LogP contribution in [0.15, 0.2) is 52.3 Å². The molecule has 1 atom stereocenters. The molecular weight excluding hydrogens is 444 g/mol. The highest BCUT2D eigenvalue weighted by Gasteiger charge is 2.18. The number of aromatic nitrogens is 1. The molecule has 0 radical (unpaired) electrons. The molecule has 146 valence electrons. The SMILES string of the molecule is COc1ccc(OC)c(-c2csc(NC(=O)C(C)Oc3ccc(Br)cc3)n2)c1. The first-order valence-electron chi connectivity index (χ1n) is 8.41. The largest absolute Gasteiger partial charge is 0.497 e. The van der Waals surface area contributed by atoms with Gasteiger partial charge in [-0.15, -0.1) is 11.3 Å². The fraction of sp³-hybridized carbons (Fsp3) is 0.200. The molecule has 0 aliphatic rings. The number of amides is 1. The molecule has 1 unspecified atom stereocenters. The van der Waals surface area contributed by atoms with E-state index in [0.29, 0.717) is 28.1 Å². The summed E-state index contributed by atoms with van der Waals surface area (Å²) in [6, 6.07) is 12.8. The van der Waals surface area contributed by atoms with E-state index in [9.17, 15) is 4.79 Å². The molecule has 0 saturated carbocycles. The van der Waals surface area contributed by atoms with Gasteiger partial charge in [0.05, 0.1) is 19.9 Å². The number of ether oxygens (including phenoxy) is 3. The Morgan fingerprint density at radius 2 is 1.82 bits per heavy atom. The van der Waals surface area contributed by atoms with Crippen molar-refractivity contribution in [1.29, 1.82) is 0 Å². The molecule has 8 heteroatoms. The van der Waals surface area contributed by atoms with E-state index in [2.05, 4.69) is 26.2 Å². The third-order valence-electron chi connectivity index (χ3n) is 3.91. The van der Waals surface area contributed by atoms with Crippen LogP contribution in [0, 0.1) is 0 Å². The van der Waals surface area contributed by atoms with Crippen LogP contribution in [0.5, 0.6) is 17.2 Å². The van der Waals surface area contributed by atoms with E-state index < -0.39 is 6.10 Å². The van der Waals surface area contributed by atoms with E-state index >= 15 is 0 Å². The predicted molar refractivity (Wildman–Crippen MR) is 114 cm³/mol. The van der Waals surface area contributed by atoms with Crippen LogP contribution < -0.4 is 19.5 Å². The molecule has 1 aromatic heterocycles. The molecule has 0 aliphatic heterocycles. The summed E-state index contributed by atoms with van der Waals surface area (Å²) in [5.74, 6) is 1.72. The first-order valence-corrected chi connectivity index (χ1v) is 10.1. The van der Waals surface area contributed by atoms with Crippen LogP contribution in [0.25, 0.3) is 11.3 Å². The van der Waals surface area contributed by atoms with Crippen molar-refractivity contribution in [3.05, 3.63) is 52.3 Å². The van der Waals surface area contributed by atoms with Crippen LogP contribution >= 0.6 is 27.3 Å². The lowest BCUT2D eigenvalue weighted by Gasteiger charge is -2.13. The lowest BCUT2D eigenvalue weighted by molar-refractivity contribution is -0.122. The molecule has 0 fully saturated rings. The van der Waals surface area contributed by atoms with Crippen molar-refractivity contribution in [3.8, 4) is 28.5 Å². The first-order chi connectivity index (χ1) is 13.5. The first kappa shape index (κ1) is 20.2. The van der Waals surface area contributed by atoms with E-state index in [4.69, 9.17) is 14.2 Å². The smallest absolute Gasteiger partial charge is 0.266 e. The number of nitrogens with zero attached hydrogens (tertiary/aromatic N) is 1. The summed E-state index contributed by atoms with van der Waals surface area (Å²) < 4.78 is 17.3. The molecule has 2 aromatic carbocycles. The van der Waals surface area contributed by atoms with E-state index in [1.165, 1.54) is 11.3 Å². The number of benzene rings is 2. The van der Waals surface area contributed by atoms with Crippen LogP contribution in [0.1, 0.15) is 6.92 Å². The van der Waals surface area contributed by atoms with Crippen LogP contribution in [0.4, 0.5) is 5.13 Å². The minimum absolute atomic E-state index is 0.276. The maximum absolute atomic E-state index is 12.4. The van der Waals surface area contributed by atoms with Gasteiger partial charge >= 0.3 is 0 Å². The summed E-state index contributed by atoms with van der Waals surface area (Å²) in [6.45, 7) is 1.69. The van der Waals surface area contributed by atoms with Crippen molar-refractivity contribution < 1.29 is 19.0 Å². The Morgan fingerprint density at radius 3 is 2.50 bits per heavy atom. The van der Waals surface area contributed by atoms with Gasteiger partial charge in [0.15, 0.2) is 11.2 Å². The topological polar surface area (TPSA) is 69.7 Å². The Balaban J connectivity index is 1.70. The van der Waals surface area contributed by atoms with Gasteiger partial charge in [-0.05, 0) is 49.4 Å². The number of halogens is 1. The molecule has 1 heterocycles. The van der Waals surface area contributed by atoms with E-state index in [1.54, 1.807) is 33.3 Å². The fourth-order valence-corrected chi connectivity index (χ4v) is 3.42. The normalized spacial score (nSPS) is 11.6. The molecule has 0 spiro atoms. The monoisotopic (exact) mass is 462 g/mol. The zero-order valence-corrected chi connectivity index (χ0v) is 18.0. The Kier molecular flexibility index (Phi) is 6.53. The third kappa shape index (κ3) is 4.82. The van der Waals surface area contributed by atoms with Gasteiger partial charge in [-0.3, -0.25) is 10.1 Å². The molecular formula is C20H19BrN2O4S. The summed E-state index contributed by atoms with van der Waals surface area (Å²) >= 11 is 4.70. The molecule has 0 aliphatic carbocycles. The van der Waals surface area contributed by atoms with Crippen LogP contribution in [-0.2, 0) is 4.79 Å². The Hall–Kier alpha value is -2.58. The zero-order chi connectivity index (χ0) is 20.1. The minimum atomic E-state index is -0.667. The summed E-state index contributed by atoms with van der Waals surface area (Å²) in [5.41, 5.74) is 1.48. The van der Waals surface area contributed by atoms with Crippen molar-refractivity contribution in [2.75, 3.05) is 19.5 Å². The second-order valence-electron chi connectivity index (χ2n) is 5.81. The van der Waals surface area contributed by atoms with Crippen molar-refractivity contribution in [1.82, 2.24) is 4.98 Å². The van der Waals surface area contributed by atoms with Gasteiger partial charge in [-0.25, -0.2) is 4.98 Å². The highest BCUT2D eigenvalue weighted by Crippen LogP contribution is 2.35. The minimum Gasteiger partial charge on any atom is -0.497 e. The Labute approximate surface area is 175 Å². The number of methoxy groups -OCH3 is 2. The lowest BCUT2D eigenvalue weighted by Crippen LogP contribution is -2.30. The van der Waals surface area contributed by atoms with Gasteiger partial charge in [-0.2, -0.15) is 0 Å². The number of anilines is 1. The molecule has 3 rings (SSSR count). The van der Waals surface area contributed by atoms with Gasteiger partial charge < -0.3 is 14.2 Å². The summed E-state index contributed by atoms with van der Waals surface area (Å²) in [6.07, 6.45) is -0.667. The average Bonchev–Trinajstić information content (AvgIpc) is 3.17. The maximum atomic E-state index is 12.4. The second kappa shape index (κ2) is 9.07. The molecule has 28 heavy (non-hydrogen) atoms. The van der Waals surface area contributed by atoms with Crippen LogP contribution in [0.2, 0.25) is 0 Å². The van der Waals surface area contributed by atoms with Crippen molar-refractivity contribution >= 4 is 38.3 Å². The molecule has 6 nitrogen and oxygen atoms in total. The standard InChI is InChI=1S/C20H19BrN2O4S/c1-12(27-14-6-4-13(21)5-7-14)19(24)23-20-22-17(11-28-20)16-10-15(25-2)8-9-18(16)26-3/h4-12H,1-3H3,(H,22,23,24). The quantitative estimate of drug-likeness (QED) is 0.535. The highest BCUT2D eigenvalue weighted by atomic mass is 79.9.